The molecule has 2 aromatic rings. The summed E-state index contributed by atoms with van der Waals surface area (Å²) >= 11 is 0. The van der Waals surface area contributed by atoms with E-state index in [4.69, 9.17) is 4.74 Å². The monoisotopic (exact) mass is 558 g/mol. The maximum Gasteiger partial charge on any atom is 0.433 e. The number of benzene rings is 1. The standard InChI is InChI=1S/C24H23F5N4O4S/c1-23(11-16(26)13-33(23)38(35,36)17-6-4-15(25)5-7-17)20(34)10-8-18-22(37-2)32-21(31-18)14-3-9-19(30-12-14)24(27,28)29/h3-7,9,12,16,21H,8,10-11,13H2,1-2H3/t16-,21?,23-/m1/s1. The normalized spacial score (nSPS) is 24.3. The van der Waals surface area contributed by atoms with Gasteiger partial charge in [0.2, 0.25) is 15.9 Å². The lowest BCUT2D eigenvalue weighted by Gasteiger charge is -2.32. The first-order valence-corrected chi connectivity index (χ1v) is 12.9. The van der Waals surface area contributed by atoms with Crippen LogP contribution in [0.25, 0.3) is 0 Å². The third-order valence-corrected chi connectivity index (χ3v) is 8.46. The van der Waals surface area contributed by atoms with E-state index in [1.807, 2.05) is 0 Å². The molecule has 2 aliphatic rings. The Bertz CT molecular complexity index is 1380. The zero-order chi connectivity index (χ0) is 27.9. The van der Waals surface area contributed by atoms with Crippen LogP contribution in [-0.2, 0) is 25.7 Å². The van der Waals surface area contributed by atoms with Gasteiger partial charge in [0, 0.05) is 37.6 Å². The smallest absolute Gasteiger partial charge is 0.433 e. The molecule has 0 saturated carbocycles. The Hall–Kier alpha value is -3.26. The quantitative estimate of drug-likeness (QED) is 0.473. The number of hydrogen-bond acceptors (Lipinski definition) is 7. The van der Waals surface area contributed by atoms with Crippen LogP contribution in [-0.4, -0.2) is 60.5 Å². The Kier molecular flexibility index (Phi) is 7.40. The molecule has 0 N–H and O–H groups in total. The Morgan fingerprint density at radius 3 is 2.42 bits per heavy atom. The van der Waals surface area contributed by atoms with Gasteiger partial charge >= 0.3 is 6.18 Å². The van der Waals surface area contributed by atoms with Gasteiger partial charge < -0.3 is 4.74 Å². The minimum Gasteiger partial charge on any atom is -0.480 e. The van der Waals surface area contributed by atoms with Gasteiger partial charge in [0.05, 0.1) is 23.3 Å². The third kappa shape index (κ3) is 5.32. The fourth-order valence-electron chi connectivity index (χ4n) is 4.46. The van der Waals surface area contributed by atoms with E-state index in [2.05, 4.69) is 15.0 Å². The second-order valence-corrected chi connectivity index (χ2v) is 10.9. The van der Waals surface area contributed by atoms with Crippen molar-refractivity contribution in [3.05, 3.63) is 59.7 Å². The molecule has 204 valence electrons. The lowest BCUT2D eigenvalue weighted by atomic mass is 9.90. The average Bonchev–Trinajstić information content (AvgIpc) is 3.43. The predicted octanol–water partition coefficient (Wildman–Crippen LogP) is 4.28. The minimum atomic E-state index is -4.60. The number of ketones is 1. The third-order valence-electron chi connectivity index (χ3n) is 6.46. The highest BCUT2D eigenvalue weighted by Gasteiger charge is 2.53. The summed E-state index contributed by atoms with van der Waals surface area (Å²) in [5, 5.41) is 0. The maximum atomic E-state index is 14.5. The summed E-state index contributed by atoms with van der Waals surface area (Å²) in [4.78, 5) is 25.0. The molecule has 1 fully saturated rings. The van der Waals surface area contributed by atoms with Crippen molar-refractivity contribution in [3.8, 4) is 0 Å². The average molecular weight is 559 g/mol. The number of hydrogen-bond donors (Lipinski definition) is 0. The largest absolute Gasteiger partial charge is 0.480 e. The van der Waals surface area contributed by atoms with Gasteiger partial charge in [0.15, 0.2) is 11.9 Å². The summed E-state index contributed by atoms with van der Waals surface area (Å²) in [5.74, 6) is -1.15. The van der Waals surface area contributed by atoms with Crippen molar-refractivity contribution in [2.24, 2.45) is 9.98 Å². The van der Waals surface area contributed by atoms with E-state index in [0.29, 0.717) is 0 Å². The number of ether oxygens (including phenoxy) is 1. The SMILES string of the molecule is COC1=NC(c2ccc(C(F)(F)F)nc2)N=C1CCC(=O)[C@@]1(C)C[C@@H](F)CN1S(=O)(=O)c1ccc(F)cc1. The van der Waals surface area contributed by atoms with Gasteiger partial charge in [-0.3, -0.25) is 14.8 Å². The molecule has 0 spiro atoms. The number of aromatic nitrogens is 1. The number of alkyl halides is 4. The zero-order valence-corrected chi connectivity index (χ0v) is 21.1. The summed E-state index contributed by atoms with van der Waals surface area (Å²) < 4.78 is 98.6. The number of carbonyl (C=O) groups is 1. The van der Waals surface area contributed by atoms with Crippen LogP contribution in [0, 0.1) is 5.82 Å². The first-order valence-electron chi connectivity index (χ1n) is 11.4. The Morgan fingerprint density at radius 2 is 1.84 bits per heavy atom. The van der Waals surface area contributed by atoms with Crippen molar-refractivity contribution in [3.63, 3.8) is 0 Å². The lowest BCUT2D eigenvalue weighted by molar-refractivity contribution is -0.141. The van der Waals surface area contributed by atoms with Crippen LogP contribution in [0.3, 0.4) is 0 Å². The summed E-state index contributed by atoms with van der Waals surface area (Å²) in [6.45, 7) is 0.811. The Balaban J connectivity index is 1.51. The van der Waals surface area contributed by atoms with E-state index in [1.54, 1.807) is 0 Å². The molecule has 0 amide bonds. The molecular weight excluding hydrogens is 535 g/mol. The number of nitrogens with zero attached hydrogens (tertiary/aromatic N) is 4. The number of carbonyl (C=O) groups excluding carboxylic acids is 1. The molecule has 1 aromatic carbocycles. The van der Waals surface area contributed by atoms with Crippen molar-refractivity contribution >= 4 is 27.4 Å². The van der Waals surface area contributed by atoms with Gasteiger partial charge in [-0.1, -0.05) is 6.07 Å². The van der Waals surface area contributed by atoms with Crippen LogP contribution in [0.2, 0.25) is 0 Å². The number of halogens is 5. The number of sulfonamides is 1. The Labute approximate surface area is 215 Å². The van der Waals surface area contributed by atoms with Crippen molar-refractivity contribution in [2.75, 3.05) is 13.7 Å². The molecule has 3 atom stereocenters. The van der Waals surface area contributed by atoms with Crippen LogP contribution < -0.4 is 0 Å². The second-order valence-electron chi connectivity index (χ2n) is 9.05. The molecule has 38 heavy (non-hydrogen) atoms. The van der Waals surface area contributed by atoms with Crippen LogP contribution in [0.5, 0.6) is 0 Å². The van der Waals surface area contributed by atoms with Crippen molar-refractivity contribution in [1.29, 1.82) is 0 Å². The number of pyridine rings is 1. The molecule has 3 heterocycles. The van der Waals surface area contributed by atoms with Gasteiger partial charge in [-0.05, 0) is 37.3 Å². The predicted molar refractivity (Wildman–Crippen MR) is 126 cm³/mol. The van der Waals surface area contributed by atoms with Crippen LogP contribution >= 0.6 is 0 Å². The summed E-state index contributed by atoms with van der Waals surface area (Å²) in [7, 11) is -3.00. The highest BCUT2D eigenvalue weighted by molar-refractivity contribution is 7.89. The second kappa shape index (κ2) is 10.1. The highest BCUT2D eigenvalue weighted by atomic mass is 32.2. The van der Waals surface area contributed by atoms with E-state index >= 15 is 0 Å². The zero-order valence-electron chi connectivity index (χ0n) is 20.2. The first-order chi connectivity index (χ1) is 17.8. The number of rotatable bonds is 7. The fourth-order valence-corrected chi connectivity index (χ4v) is 6.26. The topological polar surface area (TPSA) is 101 Å². The highest BCUT2D eigenvalue weighted by Crippen LogP contribution is 2.38. The molecule has 4 rings (SSSR count). The molecule has 0 aliphatic carbocycles. The molecule has 0 radical (unpaired) electrons. The molecule has 1 aromatic heterocycles. The van der Waals surface area contributed by atoms with E-state index in [1.165, 1.54) is 20.1 Å². The number of Topliss-reactive ketones (excluding diaryl/α,β-unsaturated/α-hetero) is 1. The van der Waals surface area contributed by atoms with Crippen molar-refractivity contribution in [1.82, 2.24) is 9.29 Å². The number of aliphatic imine (C=N–C) groups is 2. The molecule has 2 aliphatic heterocycles. The first kappa shape index (κ1) is 27.8. The minimum absolute atomic E-state index is 0.0347. The van der Waals surface area contributed by atoms with Crippen molar-refractivity contribution < 1.29 is 39.9 Å². The van der Waals surface area contributed by atoms with Crippen LogP contribution in [0.4, 0.5) is 22.0 Å². The molecule has 1 unspecified atom stereocenters. The van der Waals surface area contributed by atoms with Gasteiger partial charge in [-0.2, -0.15) is 17.5 Å². The van der Waals surface area contributed by atoms with E-state index in [9.17, 15) is 35.2 Å². The van der Waals surface area contributed by atoms with E-state index in [0.717, 1.165) is 40.8 Å². The van der Waals surface area contributed by atoms with Gasteiger partial charge in [0.1, 0.15) is 17.7 Å². The molecule has 8 nitrogen and oxygen atoms in total. The van der Waals surface area contributed by atoms with Crippen LogP contribution in [0.15, 0.2) is 57.5 Å². The van der Waals surface area contributed by atoms with Gasteiger partial charge in [-0.25, -0.2) is 22.2 Å². The molecule has 0 bridgehead atoms. The van der Waals surface area contributed by atoms with Gasteiger partial charge in [-0.15, -0.1) is 0 Å². The summed E-state index contributed by atoms with van der Waals surface area (Å²) in [6, 6.07) is 6.01. The lowest BCUT2D eigenvalue weighted by Crippen LogP contribution is -2.50. The fraction of sp³-hybridized carbons (Fsp3) is 0.417. The molecule has 1 saturated heterocycles. The van der Waals surface area contributed by atoms with Gasteiger partial charge in [0.25, 0.3) is 0 Å². The van der Waals surface area contributed by atoms with E-state index < -0.39 is 57.9 Å². The number of methoxy groups -OCH3 is 1. The van der Waals surface area contributed by atoms with Crippen LogP contribution in [0.1, 0.15) is 43.6 Å². The maximum absolute atomic E-state index is 14.5. The molecular formula is C24H23F5N4O4S. The Morgan fingerprint density at radius 1 is 1.16 bits per heavy atom. The summed E-state index contributed by atoms with van der Waals surface area (Å²) in [6.07, 6.45) is -6.75. The van der Waals surface area contributed by atoms with E-state index in [-0.39, 0.29) is 41.3 Å². The summed E-state index contributed by atoms with van der Waals surface area (Å²) in [5.41, 5.74) is -2.25. The van der Waals surface area contributed by atoms with Crippen molar-refractivity contribution in [2.45, 2.75) is 55.1 Å². The molecule has 14 heteroatoms.